The average Bonchev–Trinajstić information content (AvgIpc) is 2.45. The Morgan fingerprint density at radius 3 is 2.52 bits per heavy atom. The van der Waals surface area contributed by atoms with Crippen LogP contribution in [0.2, 0.25) is 0 Å². The highest BCUT2D eigenvalue weighted by Gasteiger charge is 2.41. The maximum atomic E-state index is 12.8. The van der Waals surface area contributed by atoms with Gasteiger partial charge in [0.1, 0.15) is 0 Å². The second-order valence-corrected chi connectivity index (χ2v) is 6.92. The van der Waals surface area contributed by atoms with Crippen molar-refractivity contribution in [3.05, 3.63) is 0 Å². The number of piperidine rings is 1. The number of methoxy groups -OCH3 is 1. The second kappa shape index (κ2) is 8.71. The maximum absolute atomic E-state index is 12.8. The fourth-order valence-electron chi connectivity index (χ4n) is 2.83. The summed E-state index contributed by atoms with van der Waals surface area (Å²) in [6.45, 7) is 9.40. The molecule has 0 atom stereocenters. The van der Waals surface area contributed by atoms with Gasteiger partial charge in [-0.3, -0.25) is 4.79 Å². The lowest BCUT2D eigenvalue weighted by Gasteiger charge is -2.41. The molecule has 0 aromatic rings. The van der Waals surface area contributed by atoms with Crippen molar-refractivity contribution in [3.63, 3.8) is 0 Å². The molecule has 0 bridgehead atoms. The molecule has 1 N–H and O–H groups in total. The molecule has 5 nitrogen and oxygen atoms in total. The summed E-state index contributed by atoms with van der Waals surface area (Å²) in [4.78, 5) is 17.3. The van der Waals surface area contributed by atoms with Gasteiger partial charge in [-0.25, -0.2) is 0 Å². The molecule has 1 aliphatic heterocycles. The number of ether oxygens (including phenoxy) is 1. The van der Waals surface area contributed by atoms with Gasteiger partial charge >= 0.3 is 0 Å². The van der Waals surface area contributed by atoms with Crippen molar-refractivity contribution in [2.24, 2.45) is 11.3 Å². The zero-order chi connectivity index (χ0) is 15.9. The Labute approximate surface area is 130 Å². The van der Waals surface area contributed by atoms with Crippen LogP contribution in [0.3, 0.4) is 0 Å². The summed E-state index contributed by atoms with van der Waals surface area (Å²) >= 11 is 0. The molecular weight excluding hydrogens is 266 g/mol. The number of likely N-dealkylation sites (N-methyl/N-ethyl adjacent to an activating group) is 1. The van der Waals surface area contributed by atoms with Gasteiger partial charge in [0.2, 0.25) is 5.91 Å². The highest BCUT2D eigenvalue weighted by atomic mass is 16.5. The minimum atomic E-state index is -0.246. The van der Waals surface area contributed by atoms with Gasteiger partial charge in [0, 0.05) is 26.7 Å². The van der Waals surface area contributed by atoms with E-state index in [4.69, 9.17) is 4.74 Å². The van der Waals surface area contributed by atoms with Gasteiger partial charge in [0.05, 0.1) is 12.0 Å². The number of amides is 1. The van der Waals surface area contributed by atoms with E-state index < -0.39 is 0 Å². The molecule has 0 aromatic carbocycles. The Morgan fingerprint density at radius 2 is 2.00 bits per heavy atom. The van der Waals surface area contributed by atoms with Gasteiger partial charge in [-0.15, -0.1) is 0 Å². The summed E-state index contributed by atoms with van der Waals surface area (Å²) in [5.41, 5.74) is -0.246. The zero-order valence-corrected chi connectivity index (χ0v) is 14.4. The van der Waals surface area contributed by atoms with Gasteiger partial charge in [0.15, 0.2) is 0 Å². The normalized spacial score (nSPS) is 19.2. The molecule has 0 radical (unpaired) electrons. The van der Waals surface area contributed by atoms with Crippen molar-refractivity contribution in [3.8, 4) is 0 Å². The molecule has 124 valence electrons. The first-order chi connectivity index (χ1) is 9.89. The lowest BCUT2D eigenvalue weighted by molar-refractivity contribution is -0.135. The van der Waals surface area contributed by atoms with Gasteiger partial charge < -0.3 is 19.9 Å². The summed E-state index contributed by atoms with van der Waals surface area (Å²) in [5, 5.41) is 3.15. The van der Waals surface area contributed by atoms with Gasteiger partial charge in [-0.05, 0) is 45.9 Å². The molecule has 1 saturated heterocycles. The lowest BCUT2D eigenvalue weighted by atomic mass is 9.77. The van der Waals surface area contributed by atoms with Crippen LogP contribution < -0.4 is 5.32 Å². The van der Waals surface area contributed by atoms with E-state index in [0.29, 0.717) is 12.5 Å². The van der Waals surface area contributed by atoms with Crippen molar-refractivity contribution in [1.82, 2.24) is 15.1 Å². The molecule has 0 aliphatic carbocycles. The minimum absolute atomic E-state index is 0.230. The van der Waals surface area contributed by atoms with Gasteiger partial charge in [-0.2, -0.15) is 0 Å². The first-order valence-corrected chi connectivity index (χ1v) is 8.04. The van der Waals surface area contributed by atoms with Crippen molar-refractivity contribution < 1.29 is 9.53 Å². The van der Waals surface area contributed by atoms with Crippen LogP contribution in [0.25, 0.3) is 0 Å². The monoisotopic (exact) mass is 299 g/mol. The maximum Gasteiger partial charge on any atom is 0.227 e. The molecule has 1 aliphatic rings. The van der Waals surface area contributed by atoms with E-state index >= 15 is 0 Å². The van der Waals surface area contributed by atoms with Crippen molar-refractivity contribution in [2.45, 2.75) is 26.7 Å². The van der Waals surface area contributed by atoms with E-state index in [0.717, 1.165) is 45.6 Å². The fraction of sp³-hybridized carbons (Fsp3) is 0.938. The summed E-state index contributed by atoms with van der Waals surface area (Å²) in [5.74, 6) is 0.719. The molecular formula is C16H33N3O2. The SMILES string of the molecule is COCCN(C)CC1(C(=O)NCC(C)C)CCN(C)CC1. The third kappa shape index (κ3) is 5.93. The Morgan fingerprint density at radius 1 is 1.38 bits per heavy atom. The number of nitrogens with one attached hydrogen (secondary N) is 1. The number of hydrogen-bond donors (Lipinski definition) is 1. The standard InChI is InChI=1S/C16H33N3O2/c1-14(2)12-17-15(20)16(6-8-18(3)9-7-16)13-19(4)10-11-21-5/h14H,6-13H2,1-5H3,(H,17,20). The van der Waals surface area contributed by atoms with Crippen LogP contribution in [0, 0.1) is 11.3 Å². The Hall–Kier alpha value is -0.650. The second-order valence-electron chi connectivity index (χ2n) is 6.92. The molecule has 1 heterocycles. The smallest absolute Gasteiger partial charge is 0.227 e. The fourth-order valence-corrected chi connectivity index (χ4v) is 2.83. The molecule has 0 spiro atoms. The Bertz CT molecular complexity index is 313. The minimum Gasteiger partial charge on any atom is -0.383 e. The highest BCUT2D eigenvalue weighted by molar-refractivity contribution is 5.83. The van der Waals surface area contributed by atoms with Crippen LogP contribution >= 0.6 is 0 Å². The number of carbonyl (C=O) groups is 1. The first-order valence-electron chi connectivity index (χ1n) is 8.04. The molecule has 1 rings (SSSR count). The summed E-state index contributed by atoms with van der Waals surface area (Å²) in [6, 6.07) is 0. The quantitative estimate of drug-likeness (QED) is 0.728. The summed E-state index contributed by atoms with van der Waals surface area (Å²) in [6.07, 6.45) is 1.87. The third-order valence-electron chi connectivity index (χ3n) is 4.35. The van der Waals surface area contributed by atoms with Crippen LogP contribution in [0.1, 0.15) is 26.7 Å². The van der Waals surface area contributed by atoms with E-state index in [2.05, 4.69) is 43.1 Å². The number of rotatable bonds is 8. The molecule has 1 amide bonds. The van der Waals surface area contributed by atoms with E-state index in [1.807, 2.05) is 0 Å². The Kier molecular flexibility index (Phi) is 7.63. The highest BCUT2D eigenvalue weighted by Crippen LogP contribution is 2.32. The molecule has 0 unspecified atom stereocenters. The predicted octanol–water partition coefficient (Wildman–Crippen LogP) is 1.05. The van der Waals surface area contributed by atoms with Crippen molar-refractivity contribution in [1.29, 1.82) is 0 Å². The predicted molar refractivity (Wildman–Crippen MR) is 86.4 cm³/mol. The van der Waals surface area contributed by atoms with E-state index in [9.17, 15) is 4.79 Å². The molecule has 21 heavy (non-hydrogen) atoms. The molecule has 0 saturated carbocycles. The van der Waals surface area contributed by atoms with E-state index in [1.165, 1.54) is 0 Å². The molecule has 0 aromatic heterocycles. The first kappa shape index (κ1) is 18.4. The summed E-state index contributed by atoms with van der Waals surface area (Å²) < 4.78 is 5.14. The third-order valence-corrected chi connectivity index (χ3v) is 4.35. The number of hydrogen-bond acceptors (Lipinski definition) is 4. The number of carbonyl (C=O) groups excluding carboxylic acids is 1. The van der Waals surface area contributed by atoms with Crippen molar-refractivity contribution in [2.75, 3.05) is 60.5 Å². The van der Waals surface area contributed by atoms with Crippen LogP contribution in [-0.4, -0.2) is 76.2 Å². The van der Waals surface area contributed by atoms with Crippen molar-refractivity contribution >= 4 is 5.91 Å². The lowest BCUT2D eigenvalue weighted by Crippen LogP contribution is -2.53. The summed E-state index contributed by atoms with van der Waals surface area (Å²) in [7, 11) is 5.92. The zero-order valence-electron chi connectivity index (χ0n) is 14.4. The van der Waals surface area contributed by atoms with E-state index in [-0.39, 0.29) is 11.3 Å². The van der Waals surface area contributed by atoms with Gasteiger partial charge in [0.25, 0.3) is 0 Å². The molecule has 1 fully saturated rings. The topological polar surface area (TPSA) is 44.8 Å². The van der Waals surface area contributed by atoms with E-state index in [1.54, 1.807) is 7.11 Å². The van der Waals surface area contributed by atoms with Gasteiger partial charge in [-0.1, -0.05) is 13.8 Å². The largest absolute Gasteiger partial charge is 0.383 e. The van der Waals surface area contributed by atoms with Crippen LogP contribution in [-0.2, 0) is 9.53 Å². The average molecular weight is 299 g/mol. The number of nitrogens with zero attached hydrogens (tertiary/aromatic N) is 2. The molecule has 5 heteroatoms. The van der Waals surface area contributed by atoms with Crippen LogP contribution in [0.5, 0.6) is 0 Å². The Balaban J connectivity index is 2.68. The van der Waals surface area contributed by atoms with Crippen LogP contribution in [0.15, 0.2) is 0 Å². The number of likely N-dealkylation sites (tertiary alicyclic amines) is 1. The van der Waals surface area contributed by atoms with Crippen LogP contribution in [0.4, 0.5) is 0 Å².